The summed E-state index contributed by atoms with van der Waals surface area (Å²) in [4.78, 5) is 15.3. The van der Waals surface area contributed by atoms with Crippen molar-refractivity contribution in [2.45, 2.75) is 11.3 Å². The highest BCUT2D eigenvalue weighted by atomic mass is 32.2. The third kappa shape index (κ3) is 1.93. The minimum atomic E-state index is -0.354. The number of hydrogen-bond donors (Lipinski definition) is 2. The Kier molecular flexibility index (Phi) is 3.00. The van der Waals surface area contributed by atoms with E-state index in [0.29, 0.717) is 16.6 Å². The summed E-state index contributed by atoms with van der Waals surface area (Å²) in [5.74, 6) is 0.700. The maximum atomic E-state index is 12.5. The molecule has 0 fully saturated rings. The van der Waals surface area contributed by atoms with Gasteiger partial charge in [-0.15, -0.1) is 0 Å². The summed E-state index contributed by atoms with van der Waals surface area (Å²) in [7, 11) is 0. The molecule has 4 rings (SSSR count). The van der Waals surface area contributed by atoms with E-state index >= 15 is 0 Å². The number of aromatic amines is 1. The summed E-state index contributed by atoms with van der Waals surface area (Å²) >= 11 is 1.39. The normalized spacial score (nSPS) is 15.8. The van der Waals surface area contributed by atoms with Gasteiger partial charge in [-0.05, 0) is 35.2 Å². The molecule has 3 heterocycles. The van der Waals surface area contributed by atoms with Gasteiger partial charge in [-0.2, -0.15) is 0 Å². The molecule has 0 unspecified atom stereocenters. The number of aromatic nitrogens is 3. The molecule has 1 aliphatic rings. The van der Waals surface area contributed by atoms with Gasteiger partial charge in [-0.25, -0.2) is 0 Å². The Hall–Kier alpha value is -2.54. The second-order valence-electron chi connectivity index (χ2n) is 4.86. The molecule has 3 aromatic rings. The van der Waals surface area contributed by atoms with Crippen molar-refractivity contribution in [3.05, 3.63) is 58.8 Å². The van der Waals surface area contributed by atoms with Gasteiger partial charge in [-0.3, -0.25) is 9.78 Å². The zero-order chi connectivity index (χ0) is 15.1. The van der Waals surface area contributed by atoms with Crippen LogP contribution < -0.4 is 15.6 Å². The first kappa shape index (κ1) is 13.1. The highest BCUT2D eigenvalue weighted by Crippen LogP contribution is 2.31. The number of fused-ring (bicyclic) bond motifs is 3. The molecule has 0 saturated carbocycles. The number of anilines is 1. The number of rotatable bonds is 2. The molecular weight excluding hydrogens is 300 g/mol. The quantitative estimate of drug-likeness (QED) is 0.559. The molecule has 0 radical (unpaired) electrons. The summed E-state index contributed by atoms with van der Waals surface area (Å²) in [6.07, 6.45) is 3.13. The van der Waals surface area contributed by atoms with Crippen LogP contribution in [0.25, 0.3) is 11.3 Å². The van der Waals surface area contributed by atoms with Crippen molar-refractivity contribution in [2.75, 3.05) is 11.6 Å². The Morgan fingerprint density at radius 1 is 1.27 bits per heavy atom. The van der Waals surface area contributed by atoms with E-state index < -0.39 is 0 Å². The predicted octanol–water partition coefficient (Wildman–Crippen LogP) is 2.01. The molecule has 110 valence electrons. The van der Waals surface area contributed by atoms with Crippen LogP contribution in [-0.4, -0.2) is 16.3 Å². The molecule has 1 aliphatic heterocycles. The largest absolute Gasteiger partial charge is 0.460 e. The fourth-order valence-electron chi connectivity index (χ4n) is 2.62. The predicted molar refractivity (Wildman–Crippen MR) is 82.7 cm³/mol. The zero-order valence-corrected chi connectivity index (χ0v) is 12.6. The molecule has 22 heavy (non-hydrogen) atoms. The van der Waals surface area contributed by atoms with Crippen LogP contribution >= 0.6 is 11.8 Å². The van der Waals surface area contributed by atoms with Gasteiger partial charge in [0.1, 0.15) is 0 Å². The van der Waals surface area contributed by atoms with Crippen LogP contribution in [0.4, 0.5) is 5.69 Å². The number of benzene rings is 1. The summed E-state index contributed by atoms with van der Waals surface area (Å²) < 4.78 is 7.20. The maximum Gasteiger partial charge on any atom is 0.325 e. The second kappa shape index (κ2) is 5.03. The van der Waals surface area contributed by atoms with E-state index in [2.05, 4.69) is 15.4 Å². The van der Waals surface area contributed by atoms with Crippen molar-refractivity contribution >= 4 is 17.4 Å². The van der Waals surface area contributed by atoms with E-state index in [1.807, 2.05) is 42.7 Å². The van der Waals surface area contributed by atoms with Gasteiger partial charge >= 0.3 is 17.4 Å². The van der Waals surface area contributed by atoms with E-state index in [0.717, 1.165) is 11.3 Å². The van der Waals surface area contributed by atoms with Crippen LogP contribution in [-0.2, 0) is 0 Å². The van der Waals surface area contributed by atoms with Gasteiger partial charge in [0.05, 0.1) is 17.5 Å². The number of nitrogens with one attached hydrogen (secondary N) is 2. The Bertz CT molecular complexity index is 889. The third-order valence-electron chi connectivity index (χ3n) is 3.59. The molecule has 1 aromatic carbocycles. The maximum absolute atomic E-state index is 12.5. The summed E-state index contributed by atoms with van der Waals surface area (Å²) in [5.41, 5.74) is 2.07. The van der Waals surface area contributed by atoms with E-state index in [-0.39, 0.29) is 11.7 Å². The molecule has 7 heteroatoms. The van der Waals surface area contributed by atoms with Gasteiger partial charge in [-0.1, -0.05) is 23.9 Å². The molecule has 6 nitrogen and oxygen atoms in total. The highest BCUT2D eigenvalue weighted by Gasteiger charge is 2.38. The van der Waals surface area contributed by atoms with Crippen molar-refractivity contribution in [2.24, 2.45) is 0 Å². The van der Waals surface area contributed by atoms with E-state index in [1.165, 1.54) is 11.8 Å². The lowest BCUT2D eigenvalue weighted by molar-refractivity contribution is -0.761. The highest BCUT2D eigenvalue weighted by molar-refractivity contribution is 7.98. The van der Waals surface area contributed by atoms with Crippen LogP contribution in [0.2, 0.25) is 0 Å². The Morgan fingerprint density at radius 3 is 2.91 bits per heavy atom. The molecular formula is C15H13N4O2S+. The van der Waals surface area contributed by atoms with Crippen molar-refractivity contribution < 1.29 is 9.10 Å². The van der Waals surface area contributed by atoms with Gasteiger partial charge in [0.25, 0.3) is 0 Å². The molecule has 0 amide bonds. The van der Waals surface area contributed by atoms with Crippen molar-refractivity contribution in [1.82, 2.24) is 10.1 Å². The summed E-state index contributed by atoms with van der Waals surface area (Å²) in [5, 5.41) is 8.47. The van der Waals surface area contributed by atoms with Gasteiger partial charge in [0.15, 0.2) is 5.76 Å². The van der Waals surface area contributed by atoms with Crippen LogP contribution in [0, 0.1) is 0 Å². The minimum absolute atomic E-state index is 0.162. The number of nitrogens with zero attached hydrogens (tertiary/aromatic N) is 2. The number of H-pyrrole nitrogens is 1. The molecule has 2 N–H and O–H groups in total. The molecule has 0 aliphatic carbocycles. The molecule has 1 atom stereocenters. The van der Waals surface area contributed by atoms with Gasteiger partial charge < -0.3 is 9.73 Å². The number of hydrogen-bond acceptors (Lipinski definition) is 5. The fraction of sp³-hybridized carbons (Fsp3) is 0.133. The fourth-order valence-corrected chi connectivity index (χ4v) is 2.98. The van der Waals surface area contributed by atoms with E-state index in [1.54, 1.807) is 10.9 Å². The first-order valence-electron chi connectivity index (χ1n) is 6.77. The standard InChI is InChI=1S/C15H12N4O2S/c1-22-15-17-14(20)12-9-5-2-3-6-10(9)16-13(19(12)18-15)11-7-4-8-21-11/h2-8,13H,1H3,(H,17,18,20)/p+1/t13-/m0/s1. The molecule has 2 aromatic heterocycles. The number of para-hydroxylation sites is 1. The third-order valence-corrected chi connectivity index (χ3v) is 4.16. The average Bonchev–Trinajstić information content (AvgIpc) is 3.07. The first-order valence-corrected chi connectivity index (χ1v) is 8.00. The lowest BCUT2D eigenvalue weighted by atomic mass is 10.1. The number of thioether (sulfide) groups is 1. The smallest absolute Gasteiger partial charge is 0.325 e. The van der Waals surface area contributed by atoms with Crippen LogP contribution in [0.15, 0.2) is 57.0 Å². The molecule has 0 bridgehead atoms. The van der Waals surface area contributed by atoms with Gasteiger partial charge in [0, 0.05) is 5.10 Å². The second-order valence-corrected chi connectivity index (χ2v) is 5.66. The summed E-state index contributed by atoms with van der Waals surface area (Å²) in [6, 6.07) is 11.4. The van der Waals surface area contributed by atoms with Crippen molar-refractivity contribution in [1.29, 1.82) is 0 Å². The zero-order valence-electron chi connectivity index (χ0n) is 11.7. The Morgan fingerprint density at radius 2 is 2.14 bits per heavy atom. The van der Waals surface area contributed by atoms with E-state index in [4.69, 9.17) is 4.42 Å². The monoisotopic (exact) mass is 313 g/mol. The topological polar surface area (TPSA) is 74.8 Å². The Balaban J connectivity index is 2.02. The lowest BCUT2D eigenvalue weighted by Crippen LogP contribution is -2.55. The first-order chi connectivity index (χ1) is 10.8. The molecule has 0 saturated heterocycles. The average molecular weight is 313 g/mol. The SMILES string of the molecule is CSc1n[n+]2c(c(=O)[nH]1)-c1ccccc1N[C@@H]2c1ccco1. The van der Waals surface area contributed by atoms with Crippen molar-refractivity contribution in [3.63, 3.8) is 0 Å². The lowest BCUT2D eigenvalue weighted by Gasteiger charge is -2.20. The van der Waals surface area contributed by atoms with Crippen LogP contribution in [0.3, 0.4) is 0 Å². The minimum Gasteiger partial charge on any atom is -0.460 e. The van der Waals surface area contributed by atoms with Crippen LogP contribution in [0.5, 0.6) is 0 Å². The summed E-state index contributed by atoms with van der Waals surface area (Å²) in [6.45, 7) is 0. The van der Waals surface area contributed by atoms with Gasteiger partial charge in [0.2, 0.25) is 5.16 Å². The van der Waals surface area contributed by atoms with Crippen LogP contribution in [0.1, 0.15) is 11.9 Å². The van der Waals surface area contributed by atoms with E-state index in [9.17, 15) is 4.79 Å². The Labute approximate surface area is 130 Å². The number of furan rings is 1. The molecule has 0 spiro atoms. The van der Waals surface area contributed by atoms with Crippen molar-refractivity contribution in [3.8, 4) is 11.3 Å².